The molecule has 0 bridgehead atoms. The number of benzene rings is 2. The molecule has 1 heterocycles. The molecular weight excluding hydrogens is 433 g/mol. The number of carbonyl (C=O) groups is 3. The van der Waals surface area contributed by atoms with Crippen LogP contribution in [0.1, 0.15) is 24.0 Å². The number of fused-ring (bicyclic) bond motifs is 1. The predicted molar refractivity (Wildman–Crippen MR) is 120 cm³/mol. The molecule has 2 aromatic rings. The quantitative estimate of drug-likeness (QED) is 0.252. The summed E-state index contributed by atoms with van der Waals surface area (Å²) in [7, 11) is 0. The molecule has 0 aliphatic carbocycles. The molecule has 33 heavy (non-hydrogen) atoms. The maximum absolute atomic E-state index is 13.9. The molecular formula is C22H24FN5O5. The van der Waals surface area contributed by atoms with E-state index in [-0.39, 0.29) is 30.3 Å². The van der Waals surface area contributed by atoms with Gasteiger partial charge in [-0.3, -0.25) is 19.8 Å². The number of nitrogens with one attached hydrogen (secondary N) is 3. The van der Waals surface area contributed by atoms with Crippen LogP contribution in [-0.2, 0) is 20.8 Å². The number of carbonyl (C=O) groups excluding carboxylic acids is 3. The summed E-state index contributed by atoms with van der Waals surface area (Å²) in [5, 5.41) is 31.9. The third-order valence-corrected chi connectivity index (χ3v) is 5.12. The molecule has 0 aromatic heterocycles. The summed E-state index contributed by atoms with van der Waals surface area (Å²) >= 11 is 0. The molecule has 1 unspecified atom stereocenters. The van der Waals surface area contributed by atoms with Gasteiger partial charge in [-0.25, -0.2) is 4.39 Å². The van der Waals surface area contributed by atoms with Gasteiger partial charge in [0.2, 0.25) is 11.8 Å². The fourth-order valence-corrected chi connectivity index (χ4v) is 3.43. The Bertz CT molecular complexity index is 1110. The van der Waals surface area contributed by atoms with Crippen LogP contribution >= 0.6 is 0 Å². The van der Waals surface area contributed by atoms with Crippen molar-refractivity contribution in [2.45, 2.75) is 25.4 Å². The zero-order valence-corrected chi connectivity index (χ0v) is 17.6. The number of hydrogen-bond acceptors (Lipinski definition) is 6. The Morgan fingerprint density at radius 2 is 2.00 bits per heavy atom. The summed E-state index contributed by atoms with van der Waals surface area (Å²) in [6.07, 6.45) is -1.40. The van der Waals surface area contributed by atoms with E-state index in [4.69, 9.17) is 11.1 Å². The Balaban J connectivity index is 1.69. The van der Waals surface area contributed by atoms with Crippen LogP contribution in [-0.4, -0.2) is 53.0 Å². The van der Waals surface area contributed by atoms with Gasteiger partial charge in [-0.05, 0) is 42.3 Å². The van der Waals surface area contributed by atoms with Crippen molar-refractivity contribution in [2.75, 3.05) is 28.7 Å². The summed E-state index contributed by atoms with van der Waals surface area (Å²) in [5.74, 6) is -2.99. The van der Waals surface area contributed by atoms with E-state index in [9.17, 15) is 29.0 Å². The lowest BCUT2D eigenvalue weighted by Gasteiger charge is -2.25. The van der Waals surface area contributed by atoms with Crippen molar-refractivity contribution in [3.8, 4) is 0 Å². The third kappa shape index (κ3) is 5.70. The number of amides is 3. The van der Waals surface area contributed by atoms with Gasteiger partial charge in [0, 0.05) is 30.0 Å². The number of aliphatic hydroxyl groups excluding tert-OH is 2. The van der Waals surface area contributed by atoms with Crippen LogP contribution in [0.15, 0.2) is 36.4 Å². The van der Waals surface area contributed by atoms with Gasteiger partial charge in [-0.1, -0.05) is 6.07 Å². The fourth-order valence-electron chi connectivity index (χ4n) is 3.43. The number of hydrogen-bond donors (Lipinski definition) is 6. The number of amidine groups is 1. The van der Waals surface area contributed by atoms with Crippen molar-refractivity contribution >= 4 is 40.6 Å². The monoisotopic (exact) mass is 457 g/mol. The first-order chi connectivity index (χ1) is 15.7. The van der Waals surface area contributed by atoms with Crippen molar-refractivity contribution < 1.29 is 29.0 Å². The summed E-state index contributed by atoms with van der Waals surface area (Å²) in [5.41, 5.74) is 7.01. The number of nitrogens with zero attached hydrogens (tertiary/aromatic N) is 1. The molecule has 0 radical (unpaired) electrons. The molecule has 0 fully saturated rings. The average molecular weight is 457 g/mol. The average Bonchev–Trinajstić information content (AvgIpc) is 2.76. The molecule has 3 rings (SSSR count). The summed E-state index contributed by atoms with van der Waals surface area (Å²) in [6, 6.07) is 8.50. The highest BCUT2D eigenvalue weighted by atomic mass is 19.1. The van der Waals surface area contributed by atoms with Gasteiger partial charge in [0.05, 0.1) is 18.6 Å². The van der Waals surface area contributed by atoms with Gasteiger partial charge in [-0.2, -0.15) is 0 Å². The topological polar surface area (TPSA) is 169 Å². The maximum Gasteiger partial charge on any atom is 0.253 e. The molecule has 1 aliphatic rings. The van der Waals surface area contributed by atoms with E-state index in [0.29, 0.717) is 24.2 Å². The van der Waals surface area contributed by atoms with Gasteiger partial charge in [0.15, 0.2) is 0 Å². The van der Waals surface area contributed by atoms with Crippen molar-refractivity contribution in [3.05, 3.63) is 53.3 Å². The van der Waals surface area contributed by atoms with Crippen LogP contribution in [0.2, 0.25) is 0 Å². The number of halogens is 1. The minimum absolute atomic E-state index is 0.0200. The van der Waals surface area contributed by atoms with Gasteiger partial charge in [0.1, 0.15) is 17.8 Å². The Morgan fingerprint density at radius 3 is 2.67 bits per heavy atom. The molecule has 0 spiro atoms. The second-order valence-corrected chi connectivity index (χ2v) is 7.48. The Kier molecular flexibility index (Phi) is 7.36. The van der Waals surface area contributed by atoms with E-state index in [1.54, 1.807) is 18.2 Å². The molecule has 1 aliphatic heterocycles. The summed E-state index contributed by atoms with van der Waals surface area (Å²) < 4.78 is 13.9. The minimum atomic E-state index is -1.74. The smallest absolute Gasteiger partial charge is 0.253 e. The van der Waals surface area contributed by atoms with Crippen molar-refractivity contribution in [1.29, 1.82) is 5.41 Å². The number of nitrogens with two attached hydrogens (primary N) is 1. The number of anilines is 3. The fraction of sp³-hybridized carbons (Fsp3) is 0.273. The molecule has 2 aromatic carbocycles. The second kappa shape index (κ2) is 10.2. The minimum Gasteiger partial charge on any atom is -0.395 e. The van der Waals surface area contributed by atoms with Crippen LogP contribution in [0.5, 0.6) is 0 Å². The molecule has 174 valence electrons. The van der Waals surface area contributed by atoms with Crippen LogP contribution in [0, 0.1) is 11.2 Å². The van der Waals surface area contributed by atoms with Gasteiger partial charge < -0.3 is 31.5 Å². The van der Waals surface area contributed by atoms with Crippen molar-refractivity contribution in [3.63, 3.8) is 0 Å². The number of aliphatic hydroxyl groups is 2. The first-order valence-electron chi connectivity index (χ1n) is 10.2. The Morgan fingerprint density at radius 1 is 1.24 bits per heavy atom. The lowest BCUT2D eigenvalue weighted by Crippen LogP contribution is -2.39. The Labute approximate surface area is 188 Å². The highest BCUT2D eigenvalue weighted by molar-refractivity contribution is 6.02. The zero-order valence-electron chi connectivity index (χ0n) is 17.6. The van der Waals surface area contributed by atoms with E-state index >= 15 is 0 Å². The highest BCUT2D eigenvalue weighted by Crippen LogP contribution is 2.28. The molecule has 10 nitrogen and oxygen atoms in total. The van der Waals surface area contributed by atoms with E-state index in [1.165, 1.54) is 17.0 Å². The number of nitrogen functional groups attached to an aromatic ring is 1. The van der Waals surface area contributed by atoms with Crippen molar-refractivity contribution in [1.82, 2.24) is 0 Å². The third-order valence-electron chi connectivity index (χ3n) is 5.12. The van der Waals surface area contributed by atoms with Gasteiger partial charge >= 0.3 is 0 Å². The number of rotatable bonds is 8. The summed E-state index contributed by atoms with van der Waals surface area (Å²) in [4.78, 5) is 38.0. The zero-order chi connectivity index (χ0) is 24.1. The number of aryl methyl sites for hydroxylation is 1. The van der Waals surface area contributed by atoms with Crippen LogP contribution in [0.4, 0.5) is 21.5 Å². The van der Waals surface area contributed by atoms with E-state index in [0.717, 1.165) is 11.6 Å². The molecule has 0 saturated carbocycles. The predicted octanol–water partition coefficient (Wildman–Crippen LogP) is 0.709. The van der Waals surface area contributed by atoms with Crippen LogP contribution in [0.25, 0.3) is 0 Å². The van der Waals surface area contributed by atoms with Crippen LogP contribution in [0.3, 0.4) is 0 Å². The molecule has 11 heteroatoms. The molecule has 3 amide bonds. The van der Waals surface area contributed by atoms with Gasteiger partial charge in [0.25, 0.3) is 5.91 Å². The normalized spacial score (nSPS) is 13.5. The Hall–Kier alpha value is -3.83. The van der Waals surface area contributed by atoms with E-state index < -0.39 is 36.0 Å². The standard InChI is InChI=1S/C22H24FN5O5/c23-16-9-13(3-5-15(16)21(24)25)26-22(33)18(30)11-20(32)28(7-8-29)14-4-1-12-2-6-19(31)27-17(12)10-14/h1,3-5,9-10,18,29-30H,2,6-8,11H2,(H3,24,25)(H,26,33)(H,27,31). The highest BCUT2D eigenvalue weighted by Gasteiger charge is 2.25. The largest absolute Gasteiger partial charge is 0.395 e. The van der Waals surface area contributed by atoms with Gasteiger partial charge in [-0.15, -0.1) is 0 Å². The van der Waals surface area contributed by atoms with E-state index in [1.807, 2.05) is 0 Å². The molecule has 1 atom stereocenters. The first-order valence-corrected chi connectivity index (χ1v) is 10.2. The second-order valence-electron chi connectivity index (χ2n) is 7.48. The SMILES string of the molecule is N=C(N)c1ccc(NC(=O)C(O)CC(=O)N(CCO)c2ccc3c(c2)NC(=O)CC3)cc1F. The maximum atomic E-state index is 13.9. The summed E-state index contributed by atoms with van der Waals surface area (Å²) in [6.45, 7) is -0.448. The lowest BCUT2D eigenvalue weighted by molar-refractivity contribution is -0.129. The molecule has 0 saturated heterocycles. The first kappa shape index (κ1) is 23.8. The lowest BCUT2D eigenvalue weighted by atomic mass is 10.0. The van der Waals surface area contributed by atoms with Crippen LogP contribution < -0.4 is 21.3 Å². The molecule has 7 N–H and O–H groups in total. The van der Waals surface area contributed by atoms with Crippen molar-refractivity contribution in [2.24, 2.45) is 5.73 Å². The van der Waals surface area contributed by atoms with E-state index in [2.05, 4.69) is 10.6 Å².